The molecule has 1 fully saturated rings. The molecule has 3 aromatic carbocycles. The van der Waals surface area contributed by atoms with Crippen molar-refractivity contribution < 1.29 is 28.4 Å². The van der Waals surface area contributed by atoms with Crippen molar-refractivity contribution in [3.05, 3.63) is 82.9 Å². The van der Waals surface area contributed by atoms with E-state index in [9.17, 15) is 9.59 Å². The van der Waals surface area contributed by atoms with E-state index in [4.69, 9.17) is 18.8 Å². The third-order valence-corrected chi connectivity index (χ3v) is 8.30. The predicted octanol–water partition coefficient (Wildman–Crippen LogP) is 5.47. The summed E-state index contributed by atoms with van der Waals surface area (Å²) in [4.78, 5) is 27.5. The Morgan fingerprint density at radius 2 is 1.46 bits per heavy atom. The molecule has 5 rings (SSSR count). The molecule has 7 nitrogen and oxygen atoms in total. The molecule has 2 aliphatic rings. The van der Waals surface area contributed by atoms with Gasteiger partial charge in [-0.2, -0.15) is 0 Å². The van der Waals surface area contributed by atoms with Gasteiger partial charge in [-0.3, -0.25) is 4.90 Å². The first kappa shape index (κ1) is 27.0. The quantitative estimate of drug-likeness (QED) is 0.324. The third kappa shape index (κ3) is 4.62. The lowest BCUT2D eigenvalue weighted by Crippen LogP contribution is -2.41. The van der Waals surface area contributed by atoms with Crippen LogP contribution in [0.4, 0.5) is 10.5 Å². The van der Waals surface area contributed by atoms with Crippen LogP contribution in [0.15, 0.2) is 60.7 Å². The number of hydrogen-bond donors (Lipinski definition) is 0. The summed E-state index contributed by atoms with van der Waals surface area (Å²) in [7, 11) is 2.25. The molecule has 0 bridgehead atoms. The van der Waals surface area contributed by atoms with Crippen LogP contribution in [0.25, 0.3) is 11.1 Å². The Hall–Kier alpha value is -3.62. The number of carbonyl (C=O) groups is 2. The van der Waals surface area contributed by atoms with Crippen LogP contribution in [0.1, 0.15) is 60.7 Å². The van der Waals surface area contributed by atoms with Gasteiger partial charge in [0.25, 0.3) is 0 Å². The number of anilines is 1. The van der Waals surface area contributed by atoms with E-state index < -0.39 is 30.4 Å². The normalized spacial score (nSPS) is 16.9. The van der Waals surface area contributed by atoms with Gasteiger partial charge in [-0.15, -0.1) is 0 Å². The zero-order valence-electron chi connectivity index (χ0n) is 23.5. The number of fused-ring (bicyclic) bond motifs is 3. The number of methoxy groups -OCH3 is 1. The molecule has 1 amide bonds. The molecule has 1 saturated heterocycles. The van der Waals surface area contributed by atoms with Gasteiger partial charge in [0, 0.05) is 13.0 Å². The predicted molar refractivity (Wildman–Crippen MR) is 152 cm³/mol. The van der Waals surface area contributed by atoms with Gasteiger partial charge in [-0.05, 0) is 80.0 Å². The third-order valence-electron chi connectivity index (χ3n) is 8.30. The van der Waals surface area contributed by atoms with E-state index in [1.165, 1.54) is 12.0 Å². The highest BCUT2D eigenvalue weighted by Crippen LogP contribution is 2.44. The molecule has 202 valence electrons. The minimum Gasteiger partial charge on any atom is -0.465 e. The van der Waals surface area contributed by atoms with Crippen molar-refractivity contribution >= 4 is 30.3 Å². The van der Waals surface area contributed by atoms with Gasteiger partial charge in [0.1, 0.15) is 6.61 Å². The summed E-state index contributed by atoms with van der Waals surface area (Å²) in [6.07, 6.45) is -0.526. The highest BCUT2D eigenvalue weighted by molar-refractivity contribution is 6.62. The lowest BCUT2D eigenvalue weighted by atomic mass is 9.77. The Labute approximate surface area is 230 Å². The lowest BCUT2D eigenvalue weighted by Gasteiger charge is -2.32. The van der Waals surface area contributed by atoms with Crippen LogP contribution in [-0.4, -0.2) is 51.1 Å². The first-order valence-corrected chi connectivity index (χ1v) is 13.1. The van der Waals surface area contributed by atoms with E-state index in [-0.39, 0.29) is 12.5 Å². The number of ether oxygens (including phenoxy) is 2. The number of carbonyl (C=O) groups excluding carboxylic acids is 2. The molecule has 1 heterocycles. The van der Waals surface area contributed by atoms with Gasteiger partial charge < -0.3 is 18.8 Å². The maximum Gasteiger partial charge on any atom is 0.494 e. The molecule has 39 heavy (non-hydrogen) atoms. The average molecular weight is 527 g/mol. The number of benzene rings is 3. The Morgan fingerprint density at radius 3 is 2.00 bits per heavy atom. The molecule has 0 saturated carbocycles. The van der Waals surface area contributed by atoms with E-state index in [1.807, 2.05) is 58.0 Å². The first-order chi connectivity index (χ1) is 18.4. The van der Waals surface area contributed by atoms with Crippen molar-refractivity contribution in [2.75, 3.05) is 25.7 Å². The molecule has 0 aromatic heterocycles. The van der Waals surface area contributed by atoms with Crippen LogP contribution in [-0.2, 0) is 18.8 Å². The topological polar surface area (TPSA) is 74.3 Å². The summed E-state index contributed by atoms with van der Waals surface area (Å²) in [5.74, 6) is -0.564. The summed E-state index contributed by atoms with van der Waals surface area (Å²) in [6, 6.07) is 19.9. The van der Waals surface area contributed by atoms with Gasteiger partial charge in [0.15, 0.2) is 0 Å². The molecule has 0 N–H and O–H groups in total. The van der Waals surface area contributed by atoms with Crippen LogP contribution in [0.5, 0.6) is 0 Å². The van der Waals surface area contributed by atoms with E-state index in [1.54, 1.807) is 20.0 Å². The average Bonchev–Trinajstić information content (AvgIpc) is 3.35. The SMILES string of the molecule is COC(=O)c1cc(B2OC(C)(C)C(C)(C)O2)cc(N(C)C(=O)OCC2c3ccccc3-c3ccccc32)c1C. The summed E-state index contributed by atoms with van der Waals surface area (Å²) in [5.41, 5.74) is 5.54. The number of nitrogens with zero attached hydrogens (tertiary/aromatic N) is 1. The number of amides is 1. The number of esters is 1. The first-order valence-electron chi connectivity index (χ1n) is 13.1. The molecular weight excluding hydrogens is 493 g/mol. The van der Waals surface area contributed by atoms with Gasteiger partial charge >= 0.3 is 19.2 Å². The Bertz CT molecular complexity index is 1390. The van der Waals surface area contributed by atoms with Crippen molar-refractivity contribution in [1.29, 1.82) is 0 Å². The fourth-order valence-corrected chi connectivity index (χ4v) is 5.30. The van der Waals surface area contributed by atoms with Crippen molar-refractivity contribution in [3.8, 4) is 11.1 Å². The van der Waals surface area contributed by atoms with Gasteiger partial charge in [-0.1, -0.05) is 48.5 Å². The molecule has 0 radical (unpaired) electrons. The van der Waals surface area contributed by atoms with Gasteiger partial charge in [0.05, 0.1) is 29.6 Å². The molecule has 1 aliphatic heterocycles. The minimum absolute atomic E-state index is 0.0578. The summed E-state index contributed by atoms with van der Waals surface area (Å²) < 4.78 is 23.4. The second-order valence-electron chi connectivity index (χ2n) is 11.2. The van der Waals surface area contributed by atoms with E-state index in [0.29, 0.717) is 22.3 Å². The zero-order chi connectivity index (χ0) is 28.1. The van der Waals surface area contributed by atoms with Crippen LogP contribution < -0.4 is 10.4 Å². The highest BCUT2D eigenvalue weighted by atomic mass is 16.7. The zero-order valence-corrected chi connectivity index (χ0v) is 23.5. The summed E-state index contributed by atoms with van der Waals surface area (Å²) >= 11 is 0. The second kappa shape index (κ2) is 9.85. The molecule has 0 spiro atoms. The van der Waals surface area contributed by atoms with Crippen LogP contribution >= 0.6 is 0 Å². The second-order valence-corrected chi connectivity index (χ2v) is 11.2. The molecule has 0 unspecified atom stereocenters. The van der Waals surface area contributed by atoms with Crippen molar-refractivity contribution in [1.82, 2.24) is 0 Å². The Balaban J connectivity index is 1.42. The van der Waals surface area contributed by atoms with E-state index in [0.717, 1.165) is 22.3 Å². The Morgan fingerprint density at radius 1 is 0.923 bits per heavy atom. The summed E-state index contributed by atoms with van der Waals surface area (Å²) in [6.45, 7) is 9.83. The van der Waals surface area contributed by atoms with E-state index in [2.05, 4.69) is 24.3 Å². The van der Waals surface area contributed by atoms with Gasteiger partial charge in [0.2, 0.25) is 0 Å². The van der Waals surface area contributed by atoms with Crippen LogP contribution in [0.3, 0.4) is 0 Å². The van der Waals surface area contributed by atoms with Crippen molar-refractivity contribution in [2.45, 2.75) is 51.7 Å². The molecule has 8 heteroatoms. The highest BCUT2D eigenvalue weighted by Gasteiger charge is 2.52. The van der Waals surface area contributed by atoms with Crippen molar-refractivity contribution in [3.63, 3.8) is 0 Å². The molecule has 1 aliphatic carbocycles. The largest absolute Gasteiger partial charge is 0.494 e. The van der Waals surface area contributed by atoms with Crippen LogP contribution in [0.2, 0.25) is 0 Å². The van der Waals surface area contributed by atoms with Crippen molar-refractivity contribution in [2.24, 2.45) is 0 Å². The maximum atomic E-state index is 13.4. The standard InChI is InChI=1S/C31H34BNO6/c1-19-25(28(34)36-7)16-20(32-38-30(2,3)31(4,5)39-32)17-27(19)33(6)29(35)37-18-26-23-14-10-8-12-21(23)22-13-9-11-15-24(22)26/h8-17,26H,18H2,1-7H3. The smallest absolute Gasteiger partial charge is 0.465 e. The minimum atomic E-state index is -0.714. The fourth-order valence-electron chi connectivity index (χ4n) is 5.30. The van der Waals surface area contributed by atoms with E-state index >= 15 is 0 Å². The number of rotatable bonds is 5. The van der Waals surface area contributed by atoms with Crippen LogP contribution in [0, 0.1) is 6.92 Å². The fraction of sp³-hybridized carbons (Fsp3) is 0.355. The molecule has 3 aromatic rings. The molecular formula is C31H34BNO6. The maximum absolute atomic E-state index is 13.4. The van der Waals surface area contributed by atoms with Gasteiger partial charge in [-0.25, -0.2) is 9.59 Å². The Kier molecular flexibility index (Phi) is 6.81. The summed E-state index contributed by atoms with van der Waals surface area (Å²) in [5, 5.41) is 0. The number of hydrogen-bond acceptors (Lipinski definition) is 6. The molecule has 0 atom stereocenters. The monoisotopic (exact) mass is 527 g/mol. The lowest BCUT2D eigenvalue weighted by molar-refractivity contribution is 0.00578.